The number of anilines is 2. The molecule has 2 aromatic carbocycles. The largest absolute Gasteiger partial charge is 0.418 e. The summed E-state index contributed by atoms with van der Waals surface area (Å²) in [5.74, 6) is -0.415. The topological polar surface area (TPSA) is 41.4 Å². The molecule has 9 heteroatoms. The van der Waals surface area contributed by atoms with Crippen molar-refractivity contribution >= 4 is 11.4 Å². The zero-order valence-corrected chi connectivity index (χ0v) is 19.6. The normalized spacial score (nSPS) is 15.5. The van der Waals surface area contributed by atoms with E-state index in [0.717, 1.165) is 42.2 Å². The van der Waals surface area contributed by atoms with E-state index in [1.165, 1.54) is 18.2 Å². The highest BCUT2D eigenvalue weighted by Gasteiger charge is 2.36. The summed E-state index contributed by atoms with van der Waals surface area (Å²) in [7, 11) is 3.42. The third-order valence-corrected chi connectivity index (χ3v) is 6.84. The van der Waals surface area contributed by atoms with Gasteiger partial charge in [0.05, 0.1) is 22.6 Å². The van der Waals surface area contributed by atoms with E-state index < -0.39 is 23.1 Å². The third-order valence-electron chi connectivity index (χ3n) is 6.84. The number of alkyl halides is 3. The van der Waals surface area contributed by atoms with Crippen LogP contribution in [-0.4, -0.2) is 37.0 Å². The fraction of sp³-hybridized carbons (Fsp3) is 0.385. The second-order valence-electron chi connectivity index (χ2n) is 9.33. The van der Waals surface area contributed by atoms with E-state index in [9.17, 15) is 22.4 Å². The first-order valence-corrected chi connectivity index (χ1v) is 11.7. The van der Waals surface area contributed by atoms with Crippen molar-refractivity contribution in [3.8, 4) is 16.9 Å². The Morgan fingerprint density at radius 1 is 0.943 bits per heavy atom. The molecule has 2 heterocycles. The minimum Gasteiger partial charge on any atom is -0.375 e. The van der Waals surface area contributed by atoms with Crippen molar-refractivity contribution < 1.29 is 17.6 Å². The monoisotopic (exact) mass is 486 g/mol. The summed E-state index contributed by atoms with van der Waals surface area (Å²) in [4.78, 5) is 17.1. The van der Waals surface area contributed by atoms with Crippen LogP contribution >= 0.6 is 0 Å². The molecule has 35 heavy (non-hydrogen) atoms. The van der Waals surface area contributed by atoms with Gasteiger partial charge in [-0.3, -0.25) is 4.79 Å². The van der Waals surface area contributed by atoms with Crippen molar-refractivity contribution in [1.29, 1.82) is 0 Å². The Bertz CT molecular complexity index is 1340. The molecule has 3 aromatic rings. The summed E-state index contributed by atoms with van der Waals surface area (Å²) in [5, 5.41) is 4.50. The molecule has 0 amide bonds. The highest BCUT2D eigenvalue weighted by Crippen LogP contribution is 2.37. The van der Waals surface area contributed by atoms with Crippen LogP contribution in [0.25, 0.3) is 16.9 Å². The van der Waals surface area contributed by atoms with Crippen molar-refractivity contribution in [2.75, 3.05) is 37.0 Å². The van der Waals surface area contributed by atoms with Gasteiger partial charge in [-0.05, 0) is 74.1 Å². The fourth-order valence-electron chi connectivity index (χ4n) is 5.08. The number of aromatic nitrogens is 2. The molecule has 0 bridgehead atoms. The lowest BCUT2D eigenvalue weighted by atomic mass is 10.0. The number of hydrogen-bond donors (Lipinski definition) is 0. The molecular formula is C26H26F4N4O. The second kappa shape index (κ2) is 8.70. The molecule has 2 aliphatic rings. The molecule has 5 nitrogen and oxygen atoms in total. The first kappa shape index (κ1) is 23.4. The quantitative estimate of drug-likeness (QED) is 0.475. The molecule has 1 aliphatic heterocycles. The van der Waals surface area contributed by atoms with Crippen LogP contribution in [0.15, 0.2) is 41.2 Å². The molecular weight excluding hydrogens is 460 g/mol. The summed E-state index contributed by atoms with van der Waals surface area (Å²) in [5.41, 5.74) is 1.44. The Hall–Kier alpha value is -3.36. The first-order chi connectivity index (χ1) is 16.6. The average molecular weight is 487 g/mol. The van der Waals surface area contributed by atoms with Gasteiger partial charge in [-0.25, -0.2) is 4.39 Å². The standard InChI is InChI=1S/C26H26F4N4O/c1-32(2)23-14-16(8-11-21(23)27)24-18-6-5-7-19(18)25(35)34(31-24)22-15-17(33-12-3-4-13-33)9-10-20(22)26(28,29)30/h8-11,14-15H,3-7,12-13H2,1-2H3. The maximum Gasteiger partial charge on any atom is 0.418 e. The van der Waals surface area contributed by atoms with Crippen LogP contribution in [-0.2, 0) is 19.0 Å². The van der Waals surface area contributed by atoms with Crippen LogP contribution in [0.1, 0.15) is 36.0 Å². The zero-order chi connectivity index (χ0) is 24.9. The van der Waals surface area contributed by atoms with Gasteiger partial charge >= 0.3 is 6.18 Å². The number of rotatable bonds is 4. The summed E-state index contributed by atoms with van der Waals surface area (Å²) in [6.45, 7) is 1.51. The van der Waals surface area contributed by atoms with Gasteiger partial charge < -0.3 is 9.80 Å². The van der Waals surface area contributed by atoms with Crippen LogP contribution in [0.2, 0.25) is 0 Å². The van der Waals surface area contributed by atoms with E-state index in [0.29, 0.717) is 47.5 Å². The van der Waals surface area contributed by atoms with Crippen LogP contribution in [0.5, 0.6) is 0 Å². The summed E-state index contributed by atoms with van der Waals surface area (Å²) in [6.07, 6.45) is -0.939. The van der Waals surface area contributed by atoms with E-state index in [4.69, 9.17) is 0 Å². The van der Waals surface area contributed by atoms with Gasteiger partial charge in [0, 0.05) is 44.0 Å². The minimum absolute atomic E-state index is 0.280. The summed E-state index contributed by atoms with van der Waals surface area (Å²) < 4.78 is 57.4. The lowest BCUT2D eigenvalue weighted by molar-refractivity contribution is -0.137. The Morgan fingerprint density at radius 2 is 1.66 bits per heavy atom. The second-order valence-corrected chi connectivity index (χ2v) is 9.33. The van der Waals surface area contributed by atoms with Crippen LogP contribution in [0, 0.1) is 5.82 Å². The van der Waals surface area contributed by atoms with E-state index in [-0.39, 0.29) is 5.69 Å². The number of hydrogen-bond acceptors (Lipinski definition) is 4. The lowest BCUT2D eigenvalue weighted by Crippen LogP contribution is -2.28. The maximum atomic E-state index is 14.3. The predicted octanol–water partition coefficient (Wildman–Crippen LogP) is 5.21. The Balaban J connectivity index is 1.76. The van der Waals surface area contributed by atoms with Crippen LogP contribution in [0.4, 0.5) is 28.9 Å². The van der Waals surface area contributed by atoms with Gasteiger partial charge in [0.2, 0.25) is 0 Å². The third kappa shape index (κ3) is 4.17. The average Bonchev–Trinajstić information content (AvgIpc) is 3.52. The molecule has 1 fully saturated rings. The highest BCUT2D eigenvalue weighted by atomic mass is 19.4. The molecule has 0 atom stereocenters. The van der Waals surface area contributed by atoms with Crippen molar-refractivity contribution in [2.24, 2.45) is 0 Å². The lowest BCUT2D eigenvalue weighted by Gasteiger charge is -2.22. The molecule has 0 spiro atoms. The molecule has 0 N–H and O–H groups in total. The van der Waals surface area contributed by atoms with E-state index >= 15 is 0 Å². The smallest absolute Gasteiger partial charge is 0.375 e. The number of fused-ring (bicyclic) bond motifs is 1. The Kier molecular flexibility index (Phi) is 5.81. The number of nitrogens with zero attached hydrogens (tertiary/aromatic N) is 4. The Labute approximate surface area is 200 Å². The maximum absolute atomic E-state index is 14.3. The Morgan fingerprint density at radius 3 is 2.34 bits per heavy atom. The van der Waals surface area contributed by atoms with Gasteiger partial charge in [0.15, 0.2) is 0 Å². The molecule has 5 rings (SSSR count). The first-order valence-electron chi connectivity index (χ1n) is 11.7. The zero-order valence-electron chi connectivity index (χ0n) is 19.6. The van der Waals surface area contributed by atoms with Gasteiger partial charge in [-0.15, -0.1) is 0 Å². The minimum atomic E-state index is -4.66. The van der Waals surface area contributed by atoms with Crippen molar-refractivity contribution in [2.45, 2.75) is 38.3 Å². The van der Waals surface area contributed by atoms with Crippen LogP contribution in [0.3, 0.4) is 0 Å². The number of benzene rings is 2. The summed E-state index contributed by atoms with van der Waals surface area (Å²) in [6, 6.07) is 8.41. The number of halogens is 4. The molecule has 184 valence electrons. The van der Waals surface area contributed by atoms with E-state index in [1.54, 1.807) is 31.1 Å². The van der Waals surface area contributed by atoms with Gasteiger partial charge in [0.25, 0.3) is 5.56 Å². The molecule has 0 saturated carbocycles. The predicted molar refractivity (Wildman–Crippen MR) is 128 cm³/mol. The van der Waals surface area contributed by atoms with Crippen molar-refractivity contribution in [3.63, 3.8) is 0 Å². The van der Waals surface area contributed by atoms with E-state index in [1.807, 2.05) is 4.90 Å². The van der Waals surface area contributed by atoms with Crippen LogP contribution < -0.4 is 15.4 Å². The fourth-order valence-corrected chi connectivity index (χ4v) is 5.08. The summed E-state index contributed by atoms with van der Waals surface area (Å²) >= 11 is 0. The molecule has 1 aliphatic carbocycles. The molecule has 0 radical (unpaired) electrons. The van der Waals surface area contributed by atoms with Gasteiger partial charge in [-0.1, -0.05) is 0 Å². The SMILES string of the molecule is CN(C)c1cc(-c2nn(-c3cc(N4CCCC4)ccc3C(F)(F)F)c(=O)c3c2CCC3)ccc1F. The highest BCUT2D eigenvalue weighted by molar-refractivity contribution is 5.70. The molecule has 1 aromatic heterocycles. The molecule has 0 unspecified atom stereocenters. The van der Waals surface area contributed by atoms with Gasteiger partial charge in [0.1, 0.15) is 5.82 Å². The van der Waals surface area contributed by atoms with Gasteiger partial charge in [-0.2, -0.15) is 23.0 Å². The van der Waals surface area contributed by atoms with Crippen molar-refractivity contribution in [1.82, 2.24) is 9.78 Å². The molecule has 1 saturated heterocycles. The van der Waals surface area contributed by atoms with E-state index in [2.05, 4.69) is 5.10 Å². The van der Waals surface area contributed by atoms with Crippen molar-refractivity contribution in [3.05, 3.63) is 69.3 Å².